The lowest BCUT2D eigenvalue weighted by Gasteiger charge is -2.27. The van der Waals surface area contributed by atoms with E-state index in [4.69, 9.17) is 19.9 Å². The zero-order valence-electron chi connectivity index (χ0n) is 22.2. The third-order valence-corrected chi connectivity index (χ3v) is 6.27. The van der Waals surface area contributed by atoms with Crippen LogP contribution in [0.3, 0.4) is 0 Å². The number of aliphatic hydroxyl groups is 1. The molecule has 0 saturated carbocycles. The van der Waals surface area contributed by atoms with E-state index >= 15 is 0 Å². The molecule has 6 nitrogen and oxygen atoms in total. The first-order valence-corrected chi connectivity index (χ1v) is 12.4. The van der Waals surface area contributed by atoms with Crippen molar-refractivity contribution in [2.24, 2.45) is 17.6 Å². The molecule has 0 bridgehead atoms. The smallest absolute Gasteiger partial charge is 0.161 e. The van der Waals surface area contributed by atoms with Crippen molar-refractivity contribution in [1.82, 2.24) is 5.32 Å². The van der Waals surface area contributed by atoms with Gasteiger partial charge in [0.15, 0.2) is 11.5 Å². The van der Waals surface area contributed by atoms with Crippen molar-refractivity contribution in [1.29, 1.82) is 0 Å². The van der Waals surface area contributed by atoms with Gasteiger partial charge in [0.25, 0.3) is 0 Å². The fourth-order valence-corrected chi connectivity index (χ4v) is 4.03. The Bertz CT molecular complexity index is 811. The second-order valence-electron chi connectivity index (χ2n) is 9.29. The Balaban J connectivity index is 0.00000612. The Morgan fingerprint density at radius 1 is 0.944 bits per heavy atom. The molecule has 0 unspecified atom stereocenters. The van der Waals surface area contributed by atoms with Gasteiger partial charge in [0.05, 0.1) is 19.8 Å². The van der Waals surface area contributed by atoms with Crippen LogP contribution in [0.15, 0.2) is 48.5 Å². The van der Waals surface area contributed by atoms with Gasteiger partial charge in [-0.2, -0.15) is 0 Å². The second kappa shape index (κ2) is 19.6. The van der Waals surface area contributed by atoms with Crippen LogP contribution < -0.4 is 20.5 Å². The normalized spacial score (nSPS) is 13.3. The van der Waals surface area contributed by atoms with Gasteiger partial charge < -0.3 is 30.4 Å². The minimum absolute atomic E-state index is 0. The molecule has 0 heterocycles. The number of halogens is 2. The van der Waals surface area contributed by atoms with Crippen molar-refractivity contribution in [2.75, 3.05) is 40.5 Å². The summed E-state index contributed by atoms with van der Waals surface area (Å²) < 4.78 is 16.5. The third kappa shape index (κ3) is 12.6. The Kier molecular flexibility index (Phi) is 18.7. The van der Waals surface area contributed by atoms with E-state index in [0.717, 1.165) is 43.7 Å². The number of benzene rings is 2. The van der Waals surface area contributed by atoms with Gasteiger partial charge in [-0.25, -0.2) is 0 Å². The topological polar surface area (TPSA) is 86.0 Å². The molecule has 3 atom stereocenters. The molecule has 0 aromatic heterocycles. The summed E-state index contributed by atoms with van der Waals surface area (Å²) >= 11 is 0. The number of nitrogens with two attached hydrogens (primary N) is 1. The predicted octanol–water partition coefficient (Wildman–Crippen LogP) is 4.68. The number of hydrogen-bond donors (Lipinski definition) is 3. The molecule has 8 heteroatoms. The summed E-state index contributed by atoms with van der Waals surface area (Å²) in [5, 5.41) is 14.0. The molecule has 206 valence electrons. The summed E-state index contributed by atoms with van der Waals surface area (Å²) in [6, 6.07) is 16.2. The Morgan fingerprint density at radius 3 is 2.31 bits per heavy atom. The van der Waals surface area contributed by atoms with Crippen LogP contribution in [-0.4, -0.2) is 57.8 Å². The van der Waals surface area contributed by atoms with Crippen LogP contribution in [0.2, 0.25) is 0 Å². The lowest BCUT2D eigenvalue weighted by Crippen LogP contribution is -2.44. The van der Waals surface area contributed by atoms with E-state index in [1.165, 1.54) is 11.1 Å². The number of nitrogens with one attached hydrogen (secondary N) is 1. The van der Waals surface area contributed by atoms with Crippen molar-refractivity contribution in [3.05, 3.63) is 59.7 Å². The quantitative estimate of drug-likeness (QED) is 0.251. The highest BCUT2D eigenvalue weighted by Crippen LogP contribution is 2.31. The molecular weight excluding hydrogens is 499 g/mol. The standard InChI is InChI=1S/C28H44N2O4.2ClH/c1-21(2)24(17-23-11-12-27(33-4)28(18-23)34-16-8-15-32-3)19-25(29)26(31)20-30-14-13-22-9-6-5-7-10-22;;/h5-7,9-12,18,21,24-26,30-31H,8,13-17,19-20,29H2,1-4H3;2*1H/t24-,25-,26-;;/m0../s1. The van der Waals surface area contributed by atoms with Gasteiger partial charge >= 0.3 is 0 Å². The highest BCUT2D eigenvalue weighted by molar-refractivity contribution is 5.85. The average molecular weight is 546 g/mol. The van der Waals surface area contributed by atoms with E-state index in [-0.39, 0.29) is 30.9 Å². The molecular formula is C28H46Cl2N2O4. The molecule has 0 aliphatic rings. The number of hydrogen-bond acceptors (Lipinski definition) is 6. The molecule has 2 aromatic rings. The fourth-order valence-electron chi connectivity index (χ4n) is 4.03. The van der Waals surface area contributed by atoms with Crippen molar-refractivity contribution >= 4 is 24.8 Å². The molecule has 4 N–H and O–H groups in total. The van der Waals surface area contributed by atoms with Gasteiger partial charge in [-0.3, -0.25) is 0 Å². The number of rotatable bonds is 17. The fraction of sp³-hybridized carbons (Fsp3) is 0.571. The molecule has 0 radical (unpaired) electrons. The first-order valence-electron chi connectivity index (χ1n) is 12.4. The van der Waals surface area contributed by atoms with Crippen molar-refractivity contribution in [3.8, 4) is 11.5 Å². The maximum absolute atomic E-state index is 10.6. The van der Waals surface area contributed by atoms with Gasteiger partial charge in [0.2, 0.25) is 0 Å². The van der Waals surface area contributed by atoms with Crippen LogP contribution in [-0.2, 0) is 17.6 Å². The SMILES string of the molecule is COCCCOc1cc(C[C@@H](C[C@H](N)[C@@H](O)CNCCc2ccccc2)C(C)C)ccc1OC.Cl.Cl. The van der Waals surface area contributed by atoms with E-state index in [9.17, 15) is 5.11 Å². The maximum atomic E-state index is 10.6. The van der Waals surface area contributed by atoms with Crippen molar-refractivity contribution < 1.29 is 19.3 Å². The van der Waals surface area contributed by atoms with E-state index < -0.39 is 6.10 Å². The second-order valence-corrected chi connectivity index (χ2v) is 9.29. The van der Waals surface area contributed by atoms with Crippen LogP contribution in [0, 0.1) is 11.8 Å². The first-order chi connectivity index (χ1) is 16.4. The summed E-state index contributed by atoms with van der Waals surface area (Å²) in [6.07, 6.45) is 2.82. The van der Waals surface area contributed by atoms with E-state index in [1.54, 1.807) is 14.2 Å². The minimum Gasteiger partial charge on any atom is -0.493 e. The van der Waals surface area contributed by atoms with Crippen LogP contribution >= 0.6 is 24.8 Å². The van der Waals surface area contributed by atoms with E-state index in [2.05, 4.69) is 43.4 Å². The van der Waals surface area contributed by atoms with Crippen LogP contribution in [0.5, 0.6) is 11.5 Å². The molecule has 0 saturated heterocycles. The van der Waals surface area contributed by atoms with Crippen molar-refractivity contribution in [3.63, 3.8) is 0 Å². The Hall–Kier alpha value is -1.54. The number of ether oxygens (including phenoxy) is 3. The zero-order chi connectivity index (χ0) is 24.8. The summed E-state index contributed by atoms with van der Waals surface area (Å²) in [6.45, 7) is 7.00. The van der Waals surface area contributed by atoms with E-state index in [1.807, 2.05) is 24.3 Å². The lowest BCUT2D eigenvalue weighted by molar-refractivity contribution is 0.124. The lowest BCUT2D eigenvalue weighted by atomic mass is 9.83. The number of aliphatic hydroxyl groups excluding tert-OH is 1. The largest absolute Gasteiger partial charge is 0.493 e. The van der Waals surface area contributed by atoms with Crippen LogP contribution in [0.4, 0.5) is 0 Å². The predicted molar refractivity (Wildman–Crippen MR) is 153 cm³/mol. The zero-order valence-corrected chi connectivity index (χ0v) is 23.8. The van der Waals surface area contributed by atoms with Crippen molar-refractivity contribution in [2.45, 2.75) is 51.7 Å². The summed E-state index contributed by atoms with van der Waals surface area (Å²) in [5.74, 6) is 2.28. The molecule has 0 aliphatic carbocycles. The van der Waals surface area contributed by atoms with Crippen LogP contribution in [0.1, 0.15) is 37.8 Å². The maximum Gasteiger partial charge on any atom is 0.161 e. The highest BCUT2D eigenvalue weighted by atomic mass is 35.5. The highest BCUT2D eigenvalue weighted by Gasteiger charge is 2.23. The Morgan fingerprint density at radius 2 is 1.67 bits per heavy atom. The summed E-state index contributed by atoms with van der Waals surface area (Å²) in [5.41, 5.74) is 8.90. The van der Waals surface area contributed by atoms with Crippen LogP contribution in [0.25, 0.3) is 0 Å². The first kappa shape index (κ1) is 34.5. The molecule has 2 rings (SSSR count). The van der Waals surface area contributed by atoms with Gasteiger partial charge in [-0.15, -0.1) is 24.8 Å². The third-order valence-electron chi connectivity index (χ3n) is 6.27. The molecule has 0 spiro atoms. The van der Waals surface area contributed by atoms with Gasteiger partial charge in [-0.05, 0) is 60.9 Å². The molecule has 0 fully saturated rings. The molecule has 0 amide bonds. The summed E-state index contributed by atoms with van der Waals surface area (Å²) in [7, 11) is 3.35. The summed E-state index contributed by atoms with van der Waals surface area (Å²) in [4.78, 5) is 0. The number of methoxy groups -OCH3 is 2. The minimum atomic E-state index is -0.576. The molecule has 0 aliphatic heterocycles. The van der Waals surface area contributed by atoms with E-state index in [0.29, 0.717) is 31.6 Å². The Labute approximate surface area is 230 Å². The van der Waals surface area contributed by atoms with Gasteiger partial charge in [-0.1, -0.05) is 50.2 Å². The average Bonchev–Trinajstić information content (AvgIpc) is 2.84. The molecule has 36 heavy (non-hydrogen) atoms. The van der Waals surface area contributed by atoms with Gasteiger partial charge in [0, 0.05) is 32.7 Å². The van der Waals surface area contributed by atoms with Gasteiger partial charge in [0.1, 0.15) is 0 Å². The monoisotopic (exact) mass is 544 g/mol. The molecule has 2 aromatic carbocycles.